The predicted octanol–water partition coefficient (Wildman–Crippen LogP) is 5.36. The summed E-state index contributed by atoms with van der Waals surface area (Å²) in [4.78, 5) is 0. The first-order chi connectivity index (χ1) is 8.69. The van der Waals surface area contributed by atoms with Crippen LogP contribution < -0.4 is 0 Å². The minimum absolute atomic E-state index is 0.388. The molecule has 1 heteroatoms. The van der Waals surface area contributed by atoms with Gasteiger partial charge in [-0.3, -0.25) is 0 Å². The molecule has 0 nitrogen and oxygen atoms in total. The van der Waals surface area contributed by atoms with Gasteiger partial charge in [-0.2, -0.15) is 0 Å². The van der Waals surface area contributed by atoms with Crippen LogP contribution in [0.3, 0.4) is 0 Å². The van der Waals surface area contributed by atoms with E-state index in [-0.39, 0.29) is 0 Å². The highest BCUT2D eigenvalue weighted by molar-refractivity contribution is 6.20. The van der Waals surface area contributed by atoms with Crippen molar-refractivity contribution in [3.8, 4) is 0 Å². The van der Waals surface area contributed by atoms with E-state index >= 15 is 0 Å². The van der Waals surface area contributed by atoms with Crippen LogP contribution in [0.25, 0.3) is 0 Å². The van der Waals surface area contributed by atoms with Gasteiger partial charge in [0.1, 0.15) is 0 Å². The zero-order chi connectivity index (χ0) is 13.0. The van der Waals surface area contributed by atoms with Crippen LogP contribution >= 0.6 is 11.6 Å². The van der Waals surface area contributed by atoms with Crippen molar-refractivity contribution in [1.29, 1.82) is 0 Å². The molecule has 1 aliphatic carbocycles. The first-order valence-electron chi connectivity index (χ1n) is 7.38. The number of aryl methyl sites for hydroxylation is 1. The van der Waals surface area contributed by atoms with Crippen molar-refractivity contribution in [3.05, 3.63) is 35.4 Å². The fourth-order valence-corrected chi connectivity index (χ4v) is 3.67. The monoisotopic (exact) mass is 264 g/mol. The standard InChI is InChI=1S/C17H25Cl/c1-3-5-14-8-9-17(18)16(11-14)12-15-7-4-6-13(2)10-15/h4,6-7,10,14,16-17H,3,5,8-9,11-12H2,1-2H3. The summed E-state index contributed by atoms with van der Waals surface area (Å²) in [6, 6.07) is 8.90. The molecule has 0 amide bonds. The zero-order valence-corrected chi connectivity index (χ0v) is 12.4. The van der Waals surface area contributed by atoms with E-state index in [1.165, 1.54) is 43.2 Å². The summed E-state index contributed by atoms with van der Waals surface area (Å²) in [5, 5.41) is 0.388. The van der Waals surface area contributed by atoms with E-state index in [9.17, 15) is 0 Å². The Kier molecular flexibility index (Phi) is 5.12. The summed E-state index contributed by atoms with van der Waals surface area (Å²) in [6.45, 7) is 4.46. The summed E-state index contributed by atoms with van der Waals surface area (Å²) in [6.07, 6.45) is 7.74. The van der Waals surface area contributed by atoms with Gasteiger partial charge >= 0.3 is 0 Å². The molecule has 3 atom stereocenters. The van der Waals surface area contributed by atoms with E-state index in [1.807, 2.05) is 0 Å². The largest absolute Gasteiger partial charge is 0.123 e. The summed E-state index contributed by atoms with van der Waals surface area (Å²) in [7, 11) is 0. The van der Waals surface area contributed by atoms with E-state index in [0.717, 1.165) is 12.3 Å². The van der Waals surface area contributed by atoms with Crippen molar-refractivity contribution in [2.45, 2.75) is 57.7 Å². The lowest BCUT2D eigenvalue weighted by Gasteiger charge is -2.33. The van der Waals surface area contributed by atoms with Gasteiger partial charge in [-0.25, -0.2) is 0 Å². The maximum absolute atomic E-state index is 6.54. The molecule has 18 heavy (non-hydrogen) atoms. The summed E-state index contributed by atoms with van der Waals surface area (Å²) >= 11 is 6.54. The van der Waals surface area contributed by atoms with Crippen molar-refractivity contribution < 1.29 is 0 Å². The van der Waals surface area contributed by atoms with Gasteiger partial charge in [0, 0.05) is 5.38 Å². The van der Waals surface area contributed by atoms with Crippen molar-refractivity contribution in [3.63, 3.8) is 0 Å². The van der Waals surface area contributed by atoms with Crippen LogP contribution in [0.4, 0.5) is 0 Å². The normalized spacial score (nSPS) is 28.3. The minimum Gasteiger partial charge on any atom is -0.123 e. The van der Waals surface area contributed by atoms with Gasteiger partial charge in [0.25, 0.3) is 0 Å². The number of hydrogen-bond acceptors (Lipinski definition) is 0. The molecule has 0 bridgehead atoms. The SMILES string of the molecule is CCCC1CCC(Cl)C(Cc2cccc(C)c2)C1. The van der Waals surface area contributed by atoms with E-state index in [1.54, 1.807) is 0 Å². The number of halogens is 1. The van der Waals surface area contributed by atoms with Crippen LogP contribution in [0, 0.1) is 18.8 Å². The van der Waals surface area contributed by atoms with Crippen LogP contribution in [0.2, 0.25) is 0 Å². The lowest BCUT2D eigenvalue weighted by atomic mass is 9.76. The van der Waals surface area contributed by atoms with Gasteiger partial charge < -0.3 is 0 Å². The Morgan fingerprint density at radius 3 is 2.83 bits per heavy atom. The molecule has 100 valence electrons. The number of rotatable bonds is 4. The average Bonchev–Trinajstić information content (AvgIpc) is 2.34. The van der Waals surface area contributed by atoms with Crippen LogP contribution in [0.5, 0.6) is 0 Å². The lowest BCUT2D eigenvalue weighted by molar-refractivity contribution is 0.257. The molecule has 0 radical (unpaired) electrons. The second kappa shape index (κ2) is 6.61. The van der Waals surface area contributed by atoms with E-state index < -0.39 is 0 Å². The van der Waals surface area contributed by atoms with Crippen LogP contribution in [0.1, 0.15) is 50.2 Å². The minimum atomic E-state index is 0.388. The maximum atomic E-state index is 6.54. The number of hydrogen-bond donors (Lipinski definition) is 0. The Labute approximate surface area is 117 Å². The molecular weight excluding hydrogens is 240 g/mol. The van der Waals surface area contributed by atoms with Gasteiger partial charge in [-0.1, -0.05) is 49.6 Å². The lowest BCUT2D eigenvalue weighted by Crippen LogP contribution is -2.27. The topological polar surface area (TPSA) is 0 Å². The number of benzene rings is 1. The molecule has 0 heterocycles. The predicted molar refractivity (Wildman–Crippen MR) is 80.3 cm³/mol. The Morgan fingerprint density at radius 1 is 1.28 bits per heavy atom. The fraction of sp³-hybridized carbons (Fsp3) is 0.647. The second-order valence-electron chi connectivity index (χ2n) is 5.94. The third-order valence-electron chi connectivity index (χ3n) is 4.28. The van der Waals surface area contributed by atoms with Crippen LogP contribution in [-0.4, -0.2) is 5.38 Å². The highest BCUT2D eigenvalue weighted by Gasteiger charge is 2.28. The van der Waals surface area contributed by atoms with Crippen molar-refractivity contribution in [2.24, 2.45) is 11.8 Å². The van der Waals surface area contributed by atoms with Gasteiger partial charge in [-0.15, -0.1) is 11.6 Å². The van der Waals surface area contributed by atoms with Gasteiger partial charge in [0.2, 0.25) is 0 Å². The average molecular weight is 265 g/mol. The smallest absolute Gasteiger partial charge is 0.0367 e. The zero-order valence-electron chi connectivity index (χ0n) is 11.7. The molecular formula is C17H25Cl. The highest BCUT2D eigenvalue weighted by Crippen LogP contribution is 2.36. The first kappa shape index (κ1) is 13.9. The molecule has 0 spiro atoms. The Hall–Kier alpha value is -0.490. The van der Waals surface area contributed by atoms with Gasteiger partial charge in [0.05, 0.1) is 0 Å². The quantitative estimate of drug-likeness (QED) is 0.642. The van der Waals surface area contributed by atoms with Crippen molar-refractivity contribution in [2.75, 3.05) is 0 Å². The molecule has 1 fully saturated rings. The van der Waals surface area contributed by atoms with Gasteiger partial charge in [0.15, 0.2) is 0 Å². The Morgan fingerprint density at radius 2 is 2.11 bits per heavy atom. The molecule has 1 aliphatic rings. The molecule has 1 aromatic carbocycles. The second-order valence-corrected chi connectivity index (χ2v) is 6.50. The third kappa shape index (κ3) is 3.75. The molecule has 2 rings (SSSR count). The van der Waals surface area contributed by atoms with E-state index in [2.05, 4.69) is 38.1 Å². The van der Waals surface area contributed by atoms with Crippen molar-refractivity contribution in [1.82, 2.24) is 0 Å². The van der Waals surface area contributed by atoms with Crippen LogP contribution in [-0.2, 0) is 6.42 Å². The fourth-order valence-electron chi connectivity index (χ4n) is 3.35. The molecule has 0 N–H and O–H groups in total. The molecule has 0 saturated heterocycles. The van der Waals surface area contributed by atoms with E-state index in [4.69, 9.17) is 11.6 Å². The Balaban J connectivity index is 1.98. The highest BCUT2D eigenvalue weighted by atomic mass is 35.5. The molecule has 0 aromatic heterocycles. The van der Waals surface area contributed by atoms with Crippen molar-refractivity contribution >= 4 is 11.6 Å². The molecule has 0 aliphatic heterocycles. The summed E-state index contributed by atoms with van der Waals surface area (Å²) in [5.74, 6) is 1.60. The molecule has 3 unspecified atom stereocenters. The molecule has 1 saturated carbocycles. The molecule has 1 aromatic rings. The van der Waals surface area contributed by atoms with Crippen LogP contribution in [0.15, 0.2) is 24.3 Å². The summed E-state index contributed by atoms with van der Waals surface area (Å²) < 4.78 is 0. The van der Waals surface area contributed by atoms with Gasteiger partial charge in [-0.05, 0) is 50.0 Å². The van der Waals surface area contributed by atoms with E-state index in [0.29, 0.717) is 11.3 Å². The number of alkyl halides is 1. The third-order valence-corrected chi connectivity index (χ3v) is 4.85. The first-order valence-corrected chi connectivity index (χ1v) is 7.82. The summed E-state index contributed by atoms with van der Waals surface area (Å²) in [5.41, 5.74) is 2.82. The maximum Gasteiger partial charge on any atom is 0.0367 e. The Bertz CT molecular complexity index is 372.